The summed E-state index contributed by atoms with van der Waals surface area (Å²) in [6, 6.07) is 13.0. The minimum Gasteiger partial charge on any atom is -0.480 e. The van der Waals surface area contributed by atoms with Gasteiger partial charge in [0.1, 0.15) is 11.5 Å². The summed E-state index contributed by atoms with van der Waals surface area (Å²) >= 11 is 5.94. The lowest BCUT2D eigenvalue weighted by atomic mass is 10.2. The van der Waals surface area contributed by atoms with Gasteiger partial charge in [-0.2, -0.15) is 0 Å². The summed E-state index contributed by atoms with van der Waals surface area (Å²) in [5.74, 6) is 0.00325. The Balaban J connectivity index is 1.85. The van der Waals surface area contributed by atoms with Gasteiger partial charge < -0.3 is 14.2 Å². The predicted molar refractivity (Wildman–Crippen MR) is 94.1 cm³/mol. The lowest BCUT2D eigenvalue weighted by Crippen LogP contribution is -2.18. The van der Waals surface area contributed by atoms with Crippen LogP contribution in [0, 0.1) is 5.92 Å². The molecule has 2 aromatic rings. The fraction of sp³-hybridized carbons (Fsp3) is 0.263. The third kappa shape index (κ3) is 6.12. The number of halogens is 1. The van der Waals surface area contributed by atoms with E-state index in [1.807, 2.05) is 13.8 Å². The van der Waals surface area contributed by atoms with Crippen LogP contribution in [0.15, 0.2) is 48.5 Å². The molecule has 0 fully saturated rings. The summed E-state index contributed by atoms with van der Waals surface area (Å²) in [4.78, 5) is 23.6. The van der Waals surface area contributed by atoms with Gasteiger partial charge in [-0.15, -0.1) is 0 Å². The van der Waals surface area contributed by atoms with Crippen molar-refractivity contribution in [2.45, 2.75) is 13.8 Å². The molecule has 2 aromatic carbocycles. The first-order chi connectivity index (χ1) is 12.0. The number of carbonyl (C=O) groups excluding carboxylic acids is 2. The second kappa shape index (κ2) is 9.08. The Hall–Kier alpha value is -2.53. The van der Waals surface area contributed by atoms with Crippen LogP contribution < -0.4 is 9.47 Å². The minimum atomic E-state index is -0.574. The van der Waals surface area contributed by atoms with E-state index in [2.05, 4.69) is 0 Å². The van der Waals surface area contributed by atoms with Gasteiger partial charge in [0.05, 0.1) is 17.2 Å². The fourth-order valence-electron chi connectivity index (χ4n) is 1.84. The molecule has 0 bridgehead atoms. The average Bonchev–Trinajstić information content (AvgIpc) is 2.59. The largest absolute Gasteiger partial charge is 0.480 e. The van der Waals surface area contributed by atoms with Gasteiger partial charge in [0.25, 0.3) is 0 Å². The minimum absolute atomic E-state index is 0.266. The molecule has 0 spiro atoms. The third-order valence-corrected chi connectivity index (χ3v) is 3.36. The number of hydrogen-bond donors (Lipinski definition) is 0. The Morgan fingerprint density at radius 1 is 1.04 bits per heavy atom. The third-order valence-electron chi connectivity index (χ3n) is 3.05. The van der Waals surface area contributed by atoms with Crippen LogP contribution in [0.2, 0.25) is 5.02 Å². The van der Waals surface area contributed by atoms with E-state index >= 15 is 0 Å². The number of para-hydroxylation sites is 1. The van der Waals surface area contributed by atoms with Crippen molar-refractivity contribution < 1.29 is 23.8 Å². The quantitative estimate of drug-likeness (QED) is 0.547. The molecule has 0 unspecified atom stereocenters. The molecule has 0 aromatic heterocycles. The topological polar surface area (TPSA) is 61.8 Å². The molecule has 0 amide bonds. The fourth-order valence-corrected chi connectivity index (χ4v) is 2.03. The summed E-state index contributed by atoms with van der Waals surface area (Å²) in [6.07, 6.45) is 0. The monoisotopic (exact) mass is 362 g/mol. The molecule has 0 radical (unpaired) electrons. The molecule has 2 rings (SSSR count). The summed E-state index contributed by atoms with van der Waals surface area (Å²) in [5, 5.41) is 0.416. The SMILES string of the molecule is CC(C)COC(=O)c1ccc(OC(=O)COc2ccccc2Cl)cc1. The van der Waals surface area contributed by atoms with Crippen molar-refractivity contribution >= 4 is 23.5 Å². The van der Waals surface area contributed by atoms with Crippen LogP contribution in [0.1, 0.15) is 24.2 Å². The number of benzene rings is 2. The number of rotatable bonds is 7. The zero-order valence-corrected chi connectivity index (χ0v) is 14.8. The van der Waals surface area contributed by atoms with Crippen molar-refractivity contribution in [1.82, 2.24) is 0 Å². The number of hydrogen-bond acceptors (Lipinski definition) is 5. The second-order valence-electron chi connectivity index (χ2n) is 5.71. The van der Waals surface area contributed by atoms with Gasteiger partial charge in [-0.1, -0.05) is 37.6 Å². The molecule has 0 aliphatic carbocycles. The van der Waals surface area contributed by atoms with E-state index in [1.54, 1.807) is 36.4 Å². The number of ether oxygens (including phenoxy) is 3. The first-order valence-electron chi connectivity index (χ1n) is 7.81. The zero-order chi connectivity index (χ0) is 18.2. The van der Waals surface area contributed by atoms with E-state index in [4.69, 9.17) is 25.8 Å². The standard InChI is InChI=1S/C19H19ClO5/c1-13(2)11-24-19(22)14-7-9-15(10-8-14)25-18(21)12-23-17-6-4-3-5-16(17)20/h3-10,13H,11-12H2,1-2H3. The van der Waals surface area contributed by atoms with Gasteiger partial charge in [-0.3, -0.25) is 0 Å². The molecule has 0 saturated heterocycles. The highest BCUT2D eigenvalue weighted by atomic mass is 35.5. The normalized spacial score (nSPS) is 10.4. The van der Waals surface area contributed by atoms with Gasteiger partial charge >= 0.3 is 11.9 Å². The van der Waals surface area contributed by atoms with Crippen LogP contribution in [0.5, 0.6) is 11.5 Å². The summed E-state index contributed by atoms with van der Waals surface area (Å²) < 4.78 is 15.6. The van der Waals surface area contributed by atoms with Crippen LogP contribution in [0.4, 0.5) is 0 Å². The van der Waals surface area contributed by atoms with Crippen LogP contribution in [-0.2, 0) is 9.53 Å². The van der Waals surface area contributed by atoms with Crippen LogP contribution in [-0.4, -0.2) is 25.2 Å². The number of esters is 2. The summed E-state index contributed by atoms with van der Waals surface area (Å²) in [5.41, 5.74) is 0.396. The van der Waals surface area contributed by atoms with Gasteiger partial charge in [-0.05, 0) is 42.3 Å². The van der Waals surface area contributed by atoms with E-state index < -0.39 is 11.9 Å². The van der Waals surface area contributed by atoms with E-state index in [1.165, 1.54) is 12.1 Å². The maximum absolute atomic E-state index is 11.8. The molecule has 0 atom stereocenters. The van der Waals surface area contributed by atoms with Gasteiger partial charge in [0.15, 0.2) is 6.61 Å². The maximum Gasteiger partial charge on any atom is 0.349 e. The maximum atomic E-state index is 11.8. The zero-order valence-electron chi connectivity index (χ0n) is 14.0. The predicted octanol–water partition coefficient (Wildman–Crippen LogP) is 4.14. The summed E-state index contributed by atoms with van der Waals surface area (Å²) in [7, 11) is 0. The molecule has 132 valence electrons. The van der Waals surface area contributed by atoms with E-state index in [0.29, 0.717) is 28.7 Å². The van der Waals surface area contributed by atoms with E-state index in [9.17, 15) is 9.59 Å². The molecular weight excluding hydrogens is 344 g/mol. The highest BCUT2D eigenvalue weighted by molar-refractivity contribution is 6.32. The van der Waals surface area contributed by atoms with Gasteiger partial charge in [0, 0.05) is 0 Å². The van der Waals surface area contributed by atoms with E-state index in [0.717, 1.165) is 0 Å². The van der Waals surface area contributed by atoms with Crippen molar-refractivity contribution in [1.29, 1.82) is 0 Å². The Kier molecular flexibility index (Phi) is 6.83. The Morgan fingerprint density at radius 3 is 2.36 bits per heavy atom. The lowest BCUT2D eigenvalue weighted by Gasteiger charge is -2.09. The lowest BCUT2D eigenvalue weighted by molar-refractivity contribution is -0.136. The molecule has 0 saturated carbocycles. The highest BCUT2D eigenvalue weighted by Gasteiger charge is 2.11. The summed E-state index contributed by atoms with van der Waals surface area (Å²) in [6.45, 7) is 4.00. The first-order valence-corrected chi connectivity index (χ1v) is 8.18. The van der Waals surface area contributed by atoms with Crippen molar-refractivity contribution in [2.75, 3.05) is 13.2 Å². The Bertz CT molecular complexity index is 725. The highest BCUT2D eigenvalue weighted by Crippen LogP contribution is 2.23. The number of carbonyl (C=O) groups is 2. The molecule has 5 nitrogen and oxygen atoms in total. The van der Waals surface area contributed by atoms with Crippen molar-refractivity contribution in [3.8, 4) is 11.5 Å². The first kappa shape index (κ1) is 18.8. The van der Waals surface area contributed by atoms with Crippen LogP contribution in [0.25, 0.3) is 0 Å². The van der Waals surface area contributed by atoms with Crippen LogP contribution in [0.3, 0.4) is 0 Å². The van der Waals surface area contributed by atoms with Crippen molar-refractivity contribution in [3.63, 3.8) is 0 Å². The second-order valence-corrected chi connectivity index (χ2v) is 6.12. The molecule has 0 aliphatic rings. The van der Waals surface area contributed by atoms with E-state index in [-0.39, 0.29) is 12.5 Å². The smallest absolute Gasteiger partial charge is 0.349 e. The molecular formula is C19H19ClO5. The average molecular weight is 363 g/mol. The Labute approximate surface area is 151 Å². The van der Waals surface area contributed by atoms with Gasteiger partial charge in [-0.25, -0.2) is 9.59 Å². The van der Waals surface area contributed by atoms with Crippen molar-refractivity contribution in [2.24, 2.45) is 5.92 Å². The molecule has 0 aliphatic heterocycles. The molecule has 0 heterocycles. The van der Waals surface area contributed by atoms with Crippen molar-refractivity contribution in [3.05, 3.63) is 59.1 Å². The molecule has 6 heteroatoms. The Morgan fingerprint density at radius 2 is 1.72 bits per heavy atom. The van der Waals surface area contributed by atoms with Crippen LogP contribution >= 0.6 is 11.6 Å². The molecule has 0 N–H and O–H groups in total. The van der Waals surface area contributed by atoms with Gasteiger partial charge in [0.2, 0.25) is 0 Å². The molecule has 25 heavy (non-hydrogen) atoms.